The molecular weight excluding hydrogens is 705 g/mol. The van der Waals surface area contributed by atoms with Crippen molar-refractivity contribution in [2.24, 2.45) is 5.41 Å². The van der Waals surface area contributed by atoms with Gasteiger partial charge in [-0.3, -0.25) is 4.79 Å². The number of hydrogen-bond acceptors (Lipinski definition) is 2. The van der Waals surface area contributed by atoms with Crippen LogP contribution >= 0.6 is 0 Å². The molecular formula is C55H40N2O. The van der Waals surface area contributed by atoms with Gasteiger partial charge in [0.05, 0.1) is 33.6 Å². The van der Waals surface area contributed by atoms with Crippen LogP contribution in [0.1, 0.15) is 94.4 Å². The number of ketones is 1. The van der Waals surface area contributed by atoms with Crippen molar-refractivity contribution in [3.05, 3.63) is 171 Å². The molecule has 3 nitrogen and oxygen atoms in total. The summed E-state index contributed by atoms with van der Waals surface area (Å²) in [6.07, 6.45) is 3.91. The number of aryl methyl sites for hydroxylation is 2. The molecule has 276 valence electrons. The van der Waals surface area contributed by atoms with Crippen LogP contribution in [0, 0.1) is 30.6 Å². The van der Waals surface area contributed by atoms with Gasteiger partial charge >= 0.3 is 0 Å². The van der Waals surface area contributed by atoms with Crippen LogP contribution in [0.3, 0.4) is 0 Å². The summed E-state index contributed by atoms with van der Waals surface area (Å²) < 4.78 is 2.44. The van der Waals surface area contributed by atoms with Gasteiger partial charge in [0.25, 0.3) is 0 Å². The molecule has 0 saturated heterocycles. The third-order valence-corrected chi connectivity index (χ3v) is 15.7. The van der Waals surface area contributed by atoms with Crippen LogP contribution in [-0.4, -0.2) is 10.2 Å². The molecule has 2 bridgehead atoms. The van der Waals surface area contributed by atoms with E-state index in [1.165, 1.54) is 88.3 Å². The molecule has 0 aliphatic heterocycles. The summed E-state index contributed by atoms with van der Waals surface area (Å²) in [7, 11) is 0. The van der Waals surface area contributed by atoms with Crippen molar-refractivity contribution in [1.82, 2.24) is 4.40 Å². The van der Waals surface area contributed by atoms with E-state index in [0.717, 1.165) is 53.4 Å². The number of Topliss-reactive ketones (excluding diaryl/α,β-unsaturated/α-hetero) is 1. The van der Waals surface area contributed by atoms with E-state index in [9.17, 15) is 10.1 Å². The van der Waals surface area contributed by atoms with Crippen molar-refractivity contribution in [2.45, 2.75) is 64.2 Å². The summed E-state index contributed by atoms with van der Waals surface area (Å²) in [5.74, 6) is 0.293. The minimum absolute atomic E-state index is 0.0456. The highest BCUT2D eigenvalue weighted by Crippen LogP contribution is 2.66. The number of fused-ring (bicyclic) bond motifs is 19. The standard InChI is InChI=1S/C55H40N2O/c1-30-45(32-14-6-5-7-15-32)31(2)47-49-44(57-43-28-37-42(27-38(43)46(30)51(47)57)53(3)22-24-54(4,25-23-53)52(37)58)26-33(29-56)50-48(49)36-18-10-13-21-41(36)55(50)39-19-11-8-16-34(39)35-17-9-12-20-40(35)55/h5-21,26-28H,22-25H2,1-4H3. The molecule has 0 atom stereocenters. The fraction of sp³-hybridized carbons (Fsp3) is 0.200. The Hall–Kier alpha value is -6.50. The Labute approximate surface area is 337 Å². The molecule has 0 N–H and O–H groups in total. The van der Waals surface area contributed by atoms with E-state index in [4.69, 9.17) is 0 Å². The van der Waals surface area contributed by atoms with E-state index in [2.05, 4.69) is 159 Å². The quantitative estimate of drug-likeness (QED) is 0.168. The van der Waals surface area contributed by atoms with Crippen LogP contribution in [0.25, 0.3) is 71.5 Å². The van der Waals surface area contributed by atoms with E-state index < -0.39 is 5.41 Å². The molecule has 9 aromatic rings. The third-order valence-electron chi connectivity index (χ3n) is 15.7. The number of carbonyl (C=O) groups excluding carboxylic acids is 1. The predicted octanol–water partition coefficient (Wildman–Crippen LogP) is 13.4. The fourth-order valence-corrected chi connectivity index (χ4v) is 12.9. The Bertz CT molecular complexity index is 3370. The number of aromatic nitrogens is 1. The minimum Gasteiger partial charge on any atom is -0.308 e. The zero-order valence-corrected chi connectivity index (χ0v) is 33.2. The molecule has 0 amide bonds. The van der Waals surface area contributed by atoms with Crippen molar-refractivity contribution in [2.75, 3.05) is 0 Å². The molecule has 2 heterocycles. The van der Waals surface area contributed by atoms with Crippen molar-refractivity contribution in [3.8, 4) is 39.4 Å². The molecule has 1 spiro atoms. The van der Waals surface area contributed by atoms with Crippen molar-refractivity contribution in [1.29, 1.82) is 5.26 Å². The number of nitriles is 1. The van der Waals surface area contributed by atoms with Gasteiger partial charge in [-0.05, 0) is 135 Å². The summed E-state index contributed by atoms with van der Waals surface area (Å²) in [5.41, 5.74) is 19.6. The monoisotopic (exact) mass is 744 g/mol. The Morgan fingerprint density at radius 2 is 1.14 bits per heavy atom. The molecule has 5 aliphatic carbocycles. The van der Waals surface area contributed by atoms with Crippen LogP contribution < -0.4 is 0 Å². The van der Waals surface area contributed by atoms with Gasteiger partial charge in [0.2, 0.25) is 0 Å². The summed E-state index contributed by atoms with van der Waals surface area (Å²) in [5, 5.41) is 16.3. The van der Waals surface area contributed by atoms with Gasteiger partial charge in [0.1, 0.15) is 0 Å². The number of carbonyl (C=O) groups is 1. The molecule has 58 heavy (non-hydrogen) atoms. The normalized spacial score (nSPS) is 20.8. The van der Waals surface area contributed by atoms with E-state index in [0.29, 0.717) is 11.3 Å². The Balaban J connectivity index is 1.29. The topological polar surface area (TPSA) is 45.3 Å². The lowest BCUT2D eigenvalue weighted by Gasteiger charge is -2.38. The van der Waals surface area contributed by atoms with Gasteiger partial charge in [0.15, 0.2) is 5.78 Å². The summed E-state index contributed by atoms with van der Waals surface area (Å²) in [6.45, 7) is 9.20. The highest BCUT2D eigenvalue weighted by Gasteiger charge is 2.54. The maximum absolute atomic E-state index is 14.7. The average molecular weight is 745 g/mol. The molecule has 2 aromatic heterocycles. The van der Waals surface area contributed by atoms with E-state index >= 15 is 0 Å². The summed E-state index contributed by atoms with van der Waals surface area (Å²) >= 11 is 0. The first-order valence-corrected chi connectivity index (χ1v) is 20.9. The molecule has 1 fully saturated rings. The maximum atomic E-state index is 14.7. The van der Waals surface area contributed by atoms with E-state index in [1.807, 2.05) is 0 Å². The van der Waals surface area contributed by atoms with Gasteiger partial charge in [-0.15, -0.1) is 0 Å². The first-order valence-electron chi connectivity index (χ1n) is 20.9. The second-order valence-corrected chi connectivity index (χ2v) is 18.4. The highest BCUT2D eigenvalue weighted by atomic mass is 16.1. The zero-order valence-electron chi connectivity index (χ0n) is 33.2. The van der Waals surface area contributed by atoms with E-state index in [-0.39, 0.29) is 10.8 Å². The molecule has 0 radical (unpaired) electrons. The Kier molecular flexibility index (Phi) is 5.90. The Morgan fingerprint density at radius 3 is 1.79 bits per heavy atom. The lowest BCUT2D eigenvalue weighted by molar-refractivity contribution is 0.0732. The van der Waals surface area contributed by atoms with E-state index in [1.54, 1.807) is 0 Å². The smallest absolute Gasteiger partial charge is 0.169 e. The largest absolute Gasteiger partial charge is 0.308 e. The fourth-order valence-electron chi connectivity index (χ4n) is 12.9. The van der Waals surface area contributed by atoms with Crippen LogP contribution in [0.5, 0.6) is 0 Å². The number of benzene rings is 7. The van der Waals surface area contributed by atoms with Gasteiger partial charge < -0.3 is 4.40 Å². The van der Waals surface area contributed by atoms with Crippen molar-refractivity contribution in [3.63, 3.8) is 0 Å². The molecule has 14 rings (SSSR count). The second-order valence-electron chi connectivity index (χ2n) is 18.4. The van der Waals surface area contributed by atoms with Gasteiger partial charge in [-0.2, -0.15) is 5.26 Å². The third kappa shape index (κ3) is 3.50. The van der Waals surface area contributed by atoms with Crippen molar-refractivity contribution >= 4 is 43.9 Å². The summed E-state index contributed by atoms with van der Waals surface area (Å²) in [4.78, 5) is 14.7. The van der Waals surface area contributed by atoms with Crippen LogP contribution in [-0.2, 0) is 10.8 Å². The first-order chi connectivity index (χ1) is 28.2. The minimum atomic E-state index is -0.646. The first kappa shape index (κ1) is 32.6. The second kappa shape index (κ2) is 10.5. The van der Waals surface area contributed by atoms with Gasteiger partial charge in [-0.25, -0.2) is 0 Å². The molecule has 7 aromatic carbocycles. The van der Waals surface area contributed by atoms with Gasteiger partial charge in [-0.1, -0.05) is 117 Å². The zero-order chi connectivity index (χ0) is 39.0. The highest BCUT2D eigenvalue weighted by molar-refractivity contribution is 6.31. The van der Waals surface area contributed by atoms with Crippen LogP contribution in [0.15, 0.2) is 121 Å². The SMILES string of the molecule is Cc1c(-c2ccccc2)c(C)c2c3c4c(c(C#N)cc3n3c5cc6c(cc5c1c23)C1(C)CCC(C)(CC1)C6=O)C1(c2ccccc2-c2ccccc21)c1ccccc1-4. The lowest BCUT2D eigenvalue weighted by atomic mass is 9.65. The van der Waals surface area contributed by atoms with Crippen LogP contribution in [0.2, 0.25) is 0 Å². The number of nitrogens with zero attached hydrogens (tertiary/aromatic N) is 2. The lowest BCUT2D eigenvalue weighted by Crippen LogP contribution is -2.33. The molecule has 5 aliphatic rings. The number of rotatable bonds is 1. The molecule has 1 saturated carbocycles. The average Bonchev–Trinajstić information content (AvgIpc) is 3.93. The predicted molar refractivity (Wildman–Crippen MR) is 235 cm³/mol. The maximum Gasteiger partial charge on any atom is 0.169 e. The van der Waals surface area contributed by atoms with Crippen molar-refractivity contribution < 1.29 is 4.79 Å². The van der Waals surface area contributed by atoms with Crippen LogP contribution in [0.4, 0.5) is 0 Å². The Morgan fingerprint density at radius 1 is 0.569 bits per heavy atom. The van der Waals surface area contributed by atoms with Gasteiger partial charge in [0, 0.05) is 32.5 Å². The summed E-state index contributed by atoms with van der Waals surface area (Å²) in [6, 6.07) is 47.1. The number of hydrogen-bond donors (Lipinski definition) is 0. The molecule has 3 heteroatoms. The molecule has 0 unspecified atom stereocenters.